The summed E-state index contributed by atoms with van der Waals surface area (Å²) in [6.07, 6.45) is 1.75. The topological polar surface area (TPSA) is 53.9 Å². The maximum atomic E-state index is 5.45. The molecule has 0 bridgehead atoms. The Morgan fingerprint density at radius 3 is 2.89 bits per heavy atom. The lowest BCUT2D eigenvalue weighted by molar-refractivity contribution is 0.495. The Bertz CT molecular complexity index is 661. The molecule has 0 aliphatic heterocycles. The molecule has 5 heteroatoms. The van der Waals surface area contributed by atoms with Gasteiger partial charge in [-0.1, -0.05) is 12.1 Å². The summed E-state index contributed by atoms with van der Waals surface area (Å²) in [4.78, 5) is 0. The van der Waals surface area contributed by atoms with Gasteiger partial charge in [0.1, 0.15) is 5.76 Å². The number of furan rings is 1. The van der Waals surface area contributed by atoms with Crippen molar-refractivity contribution in [3.05, 3.63) is 59.1 Å². The fraction of sp³-hybridized carbons (Fsp3) is 0.0714. The van der Waals surface area contributed by atoms with Crippen molar-refractivity contribution in [3.8, 4) is 11.3 Å². The van der Waals surface area contributed by atoms with Crippen LogP contribution in [-0.2, 0) is 6.54 Å². The highest BCUT2D eigenvalue weighted by molar-refractivity contribution is 9.10. The number of aromatic nitrogens is 2. The molecule has 0 radical (unpaired) electrons. The van der Waals surface area contributed by atoms with E-state index in [0.29, 0.717) is 6.54 Å². The molecule has 3 aromatic rings. The van der Waals surface area contributed by atoms with Crippen LogP contribution in [0.3, 0.4) is 0 Å². The average Bonchev–Trinajstić information content (AvgIpc) is 3.08. The summed E-state index contributed by atoms with van der Waals surface area (Å²) < 4.78 is 6.19. The van der Waals surface area contributed by atoms with Gasteiger partial charge >= 0.3 is 0 Å². The van der Waals surface area contributed by atoms with Crippen LogP contribution in [0.25, 0.3) is 11.3 Å². The van der Waals surface area contributed by atoms with Gasteiger partial charge < -0.3 is 9.73 Å². The van der Waals surface area contributed by atoms with Crippen LogP contribution in [-0.4, -0.2) is 10.2 Å². The maximum absolute atomic E-state index is 5.45. The van der Waals surface area contributed by atoms with E-state index in [4.69, 9.17) is 4.42 Å². The van der Waals surface area contributed by atoms with Gasteiger partial charge in [0, 0.05) is 17.4 Å². The summed E-state index contributed by atoms with van der Waals surface area (Å²) >= 11 is 3.29. The fourth-order valence-electron chi connectivity index (χ4n) is 1.85. The first kappa shape index (κ1) is 12.0. The molecule has 4 nitrogen and oxygen atoms in total. The zero-order valence-electron chi connectivity index (χ0n) is 10.1. The van der Waals surface area contributed by atoms with Gasteiger partial charge in [0.2, 0.25) is 0 Å². The maximum Gasteiger partial charge on any atom is 0.169 e. The quantitative estimate of drug-likeness (QED) is 0.763. The van der Waals surface area contributed by atoms with Gasteiger partial charge in [-0.2, -0.15) is 5.10 Å². The van der Waals surface area contributed by atoms with Crippen LogP contribution >= 0.6 is 15.9 Å². The Hall–Kier alpha value is -2.01. The summed E-state index contributed by atoms with van der Waals surface area (Å²) in [6.45, 7) is 0.651. The Morgan fingerprint density at radius 2 is 2.16 bits per heavy atom. The average molecular weight is 318 g/mol. The zero-order valence-corrected chi connectivity index (χ0v) is 11.6. The largest absolute Gasteiger partial charge is 0.452 e. The first-order valence-corrected chi connectivity index (χ1v) is 6.68. The van der Waals surface area contributed by atoms with Gasteiger partial charge in [-0.25, -0.2) is 0 Å². The van der Waals surface area contributed by atoms with Gasteiger partial charge in [-0.3, -0.25) is 5.10 Å². The van der Waals surface area contributed by atoms with E-state index >= 15 is 0 Å². The molecule has 0 aliphatic carbocycles. The van der Waals surface area contributed by atoms with Gasteiger partial charge in [0.15, 0.2) is 4.67 Å². The van der Waals surface area contributed by atoms with E-state index in [1.807, 2.05) is 36.4 Å². The Kier molecular flexibility index (Phi) is 3.37. The highest BCUT2D eigenvalue weighted by Gasteiger charge is 2.02. The van der Waals surface area contributed by atoms with E-state index in [0.717, 1.165) is 27.4 Å². The molecule has 0 saturated heterocycles. The predicted molar refractivity (Wildman–Crippen MR) is 77.8 cm³/mol. The summed E-state index contributed by atoms with van der Waals surface area (Å²) in [5.41, 5.74) is 3.15. The second-order valence-electron chi connectivity index (χ2n) is 4.11. The van der Waals surface area contributed by atoms with Crippen LogP contribution in [0.2, 0.25) is 0 Å². The summed E-state index contributed by atoms with van der Waals surface area (Å²) in [7, 11) is 0. The minimum absolute atomic E-state index is 0.651. The summed E-state index contributed by atoms with van der Waals surface area (Å²) in [5.74, 6) is 0.888. The first-order valence-electron chi connectivity index (χ1n) is 5.89. The highest BCUT2D eigenvalue weighted by Crippen LogP contribution is 2.21. The van der Waals surface area contributed by atoms with Crippen molar-refractivity contribution in [1.82, 2.24) is 10.2 Å². The molecular weight excluding hydrogens is 306 g/mol. The number of benzene rings is 1. The number of nitrogens with one attached hydrogen (secondary N) is 2. The SMILES string of the molecule is Brc1ccc(CNc2cccc(-c3ccn[nH]3)c2)o1. The number of hydrogen-bond donors (Lipinski definition) is 2. The van der Waals surface area contributed by atoms with E-state index in [2.05, 4.69) is 37.5 Å². The van der Waals surface area contributed by atoms with Crippen molar-refractivity contribution in [2.24, 2.45) is 0 Å². The van der Waals surface area contributed by atoms with Gasteiger partial charge in [-0.05, 0) is 46.3 Å². The molecule has 0 saturated carbocycles. The van der Waals surface area contributed by atoms with Gasteiger partial charge in [0.05, 0.1) is 12.2 Å². The third-order valence-electron chi connectivity index (χ3n) is 2.77. The van der Waals surface area contributed by atoms with Crippen LogP contribution in [0.5, 0.6) is 0 Å². The van der Waals surface area contributed by atoms with Crippen molar-refractivity contribution >= 4 is 21.6 Å². The minimum atomic E-state index is 0.651. The Morgan fingerprint density at radius 1 is 1.21 bits per heavy atom. The zero-order chi connectivity index (χ0) is 13.1. The lowest BCUT2D eigenvalue weighted by Gasteiger charge is -2.06. The molecular formula is C14H12BrN3O. The van der Waals surface area contributed by atoms with E-state index in [1.165, 1.54) is 0 Å². The number of halogens is 1. The van der Waals surface area contributed by atoms with Gasteiger partial charge in [-0.15, -0.1) is 0 Å². The van der Waals surface area contributed by atoms with Crippen LogP contribution < -0.4 is 5.32 Å². The Balaban J connectivity index is 1.73. The molecule has 2 aromatic heterocycles. The first-order chi connectivity index (χ1) is 9.31. The van der Waals surface area contributed by atoms with E-state index < -0.39 is 0 Å². The normalized spacial score (nSPS) is 10.6. The number of anilines is 1. The van der Waals surface area contributed by atoms with E-state index in [1.54, 1.807) is 6.20 Å². The highest BCUT2D eigenvalue weighted by atomic mass is 79.9. The third-order valence-corrected chi connectivity index (χ3v) is 3.20. The number of rotatable bonds is 4. The molecule has 96 valence electrons. The fourth-order valence-corrected chi connectivity index (χ4v) is 2.19. The standard InChI is InChI=1S/C14H12BrN3O/c15-14-5-4-12(19-14)9-16-11-3-1-2-10(8-11)13-6-7-17-18-13/h1-8,16H,9H2,(H,17,18). The predicted octanol–water partition coefficient (Wildman–Crippen LogP) is 4.04. The molecule has 0 amide bonds. The lowest BCUT2D eigenvalue weighted by atomic mass is 10.1. The van der Waals surface area contributed by atoms with E-state index in [9.17, 15) is 0 Å². The summed E-state index contributed by atoms with van der Waals surface area (Å²) in [5, 5.41) is 10.2. The minimum Gasteiger partial charge on any atom is -0.452 e. The number of aromatic amines is 1. The monoisotopic (exact) mass is 317 g/mol. The second-order valence-corrected chi connectivity index (χ2v) is 4.89. The number of H-pyrrole nitrogens is 1. The smallest absolute Gasteiger partial charge is 0.169 e. The van der Waals surface area contributed by atoms with Gasteiger partial charge in [0.25, 0.3) is 0 Å². The van der Waals surface area contributed by atoms with Crippen molar-refractivity contribution in [1.29, 1.82) is 0 Å². The van der Waals surface area contributed by atoms with Crippen LogP contribution in [0.15, 0.2) is 57.7 Å². The third kappa shape index (κ3) is 2.88. The van der Waals surface area contributed by atoms with Crippen LogP contribution in [0.1, 0.15) is 5.76 Å². The van der Waals surface area contributed by atoms with Crippen LogP contribution in [0.4, 0.5) is 5.69 Å². The number of nitrogens with zero attached hydrogens (tertiary/aromatic N) is 1. The lowest BCUT2D eigenvalue weighted by Crippen LogP contribution is -1.97. The molecule has 0 spiro atoms. The van der Waals surface area contributed by atoms with Crippen molar-refractivity contribution in [2.75, 3.05) is 5.32 Å². The number of hydrogen-bond acceptors (Lipinski definition) is 3. The molecule has 0 unspecified atom stereocenters. The molecule has 2 N–H and O–H groups in total. The van der Waals surface area contributed by atoms with E-state index in [-0.39, 0.29) is 0 Å². The van der Waals surface area contributed by atoms with Crippen molar-refractivity contribution in [3.63, 3.8) is 0 Å². The summed E-state index contributed by atoms with van der Waals surface area (Å²) in [6, 6.07) is 13.9. The molecule has 2 heterocycles. The molecule has 0 aliphatic rings. The van der Waals surface area contributed by atoms with Crippen molar-refractivity contribution < 1.29 is 4.42 Å². The second kappa shape index (κ2) is 5.32. The molecule has 1 aromatic carbocycles. The molecule has 0 fully saturated rings. The Labute approximate surface area is 119 Å². The van der Waals surface area contributed by atoms with Crippen LogP contribution in [0, 0.1) is 0 Å². The molecule has 3 rings (SSSR count). The van der Waals surface area contributed by atoms with Crippen molar-refractivity contribution in [2.45, 2.75) is 6.54 Å². The molecule has 19 heavy (non-hydrogen) atoms. The molecule has 0 atom stereocenters.